The van der Waals surface area contributed by atoms with Crippen molar-refractivity contribution in [2.75, 3.05) is 0 Å². The Kier molecular flexibility index (Phi) is 4.05. The summed E-state index contributed by atoms with van der Waals surface area (Å²) in [5.74, 6) is 0. The Labute approximate surface area is 146 Å². The molecule has 1 fully saturated rings. The number of rotatable bonds is 4. The van der Waals surface area contributed by atoms with E-state index in [2.05, 4.69) is 36.2 Å². The van der Waals surface area contributed by atoms with Crippen LogP contribution in [0, 0.1) is 0 Å². The van der Waals surface area contributed by atoms with Gasteiger partial charge in [-0.3, -0.25) is 4.98 Å². The van der Waals surface area contributed by atoms with E-state index in [0.29, 0.717) is 4.75 Å². The third kappa shape index (κ3) is 2.93. The molecule has 24 heavy (non-hydrogen) atoms. The van der Waals surface area contributed by atoms with E-state index in [4.69, 9.17) is 0 Å². The highest BCUT2D eigenvalue weighted by atomic mass is 32.2. The smallest absolute Gasteiger partial charge is 0.115 e. The molecule has 4 rings (SSSR count). The van der Waals surface area contributed by atoms with Gasteiger partial charge in [-0.1, -0.05) is 43.7 Å². The van der Waals surface area contributed by atoms with Gasteiger partial charge in [0.2, 0.25) is 0 Å². The molecule has 1 aliphatic rings. The number of alkyl halides is 1. The van der Waals surface area contributed by atoms with Crippen LogP contribution in [-0.4, -0.2) is 9.73 Å². The molecule has 0 amide bonds. The molecule has 3 aromatic rings. The molecule has 0 spiro atoms. The van der Waals surface area contributed by atoms with Crippen LogP contribution in [0.25, 0.3) is 22.0 Å². The lowest BCUT2D eigenvalue weighted by molar-refractivity contribution is 0.392. The van der Waals surface area contributed by atoms with Crippen molar-refractivity contribution in [1.82, 2.24) is 4.98 Å². The highest BCUT2D eigenvalue weighted by Crippen LogP contribution is 2.48. The molecule has 0 aliphatic heterocycles. The zero-order chi connectivity index (χ0) is 16.6. The number of benzene rings is 2. The van der Waals surface area contributed by atoms with Gasteiger partial charge in [-0.05, 0) is 47.7 Å². The summed E-state index contributed by atoms with van der Waals surface area (Å²) in [7, 11) is 0. The molecule has 122 valence electrons. The van der Waals surface area contributed by atoms with Crippen molar-refractivity contribution in [3.05, 3.63) is 60.3 Å². The number of thioether (sulfide) groups is 1. The summed E-state index contributed by atoms with van der Waals surface area (Å²) >= 11 is 1.98. The van der Waals surface area contributed by atoms with Crippen LogP contribution in [0.1, 0.15) is 31.7 Å². The zero-order valence-electron chi connectivity index (χ0n) is 13.8. The summed E-state index contributed by atoms with van der Waals surface area (Å²) in [5, 5.41) is 1.21. The molecule has 0 radical (unpaired) electrons. The monoisotopic (exact) mass is 337 g/mol. The Morgan fingerprint density at radius 3 is 2.46 bits per heavy atom. The van der Waals surface area contributed by atoms with E-state index in [9.17, 15) is 4.39 Å². The summed E-state index contributed by atoms with van der Waals surface area (Å²) in [6.07, 6.45) is 5.80. The minimum atomic E-state index is -0.415. The Bertz CT molecular complexity index is 869. The van der Waals surface area contributed by atoms with Gasteiger partial charge in [0.25, 0.3) is 0 Å². The van der Waals surface area contributed by atoms with Crippen molar-refractivity contribution >= 4 is 22.7 Å². The first-order valence-electron chi connectivity index (χ1n) is 8.40. The van der Waals surface area contributed by atoms with Crippen LogP contribution in [0.15, 0.2) is 59.6 Å². The fourth-order valence-corrected chi connectivity index (χ4v) is 4.64. The predicted octanol–water partition coefficient (Wildman–Crippen LogP) is 6.41. The molecule has 0 atom stereocenters. The van der Waals surface area contributed by atoms with Crippen molar-refractivity contribution in [2.45, 2.75) is 42.5 Å². The van der Waals surface area contributed by atoms with Crippen molar-refractivity contribution in [3.63, 3.8) is 0 Å². The standard InChI is InChI=1S/C21H20FNS/c1-21(10-2-11-21)24-20-9-12-23-19-8-7-17(13-18(19)20)16-5-3-15(14-22)4-6-16/h3-9,12-13H,2,10-11,14H2,1H3. The van der Waals surface area contributed by atoms with E-state index in [1.165, 1.54) is 29.5 Å². The second kappa shape index (κ2) is 6.21. The van der Waals surface area contributed by atoms with Gasteiger partial charge in [-0.2, -0.15) is 0 Å². The van der Waals surface area contributed by atoms with Gasteiger partial charge in [0, 0.05) is 21.2 Å². The van der Waals surface area contributed by atoms with E-state index in [1.807, 2.05) is 42.2 Å². The lowest BCUT2D eigenvalue weighted by atomic mass is 9.86. The number of hydrogen-bond donors (Lipinski definition) is 0. The van der Waals surface area contributed by atoms with E-state index >= 15 is 0 Å². The van der Waals surface area contributed by atoms with Gasteiger partial charge in [0.15, 0.2) is 0 Å². The molecule has 1 heterocycles. The highest BCUT2D eigenvalue weighted by molar-refractivity contribution is 8.01. The van der Waals surface area contributed by atoms with E-state index in [1.54, 1.807) is 0 Å². The van der Waals surface area contributed by atoms with Crippen LogP contribution >= 0.6 is 11.8 Å². The summed E-state index contributed by atoms with van der Waals surface area (Å²) < 4.78 is 13.1. The first-order chi connectivity index (χ1) is 11.7. The SMILES string of the molecule is CC1(Sc2ccnc3ccc(-c4ccc(CF)cc4)cc23)CCC1. The number of pyridine rings is 1. The maximum absolute atomic E-state index is 12.7. The van der Waals surface area contributed by atoms with Crippen LogP contribution in [0.2, 0.25) is 0 Å². The molecule has 1 saturated carbocycles. The van der Waals surface area contributed by atoms with Gasteiger partial charge >= 0.3 is 0 Å². The Morgan fingerprint density at radius 1 is 1.04 bits per heavy atom. The summed E-state index contributed by atoms with van der Waals surface area (Å²) in [6.45, 7) is 1.94. The molecule has 0 unspecified atom stereocenters. The summed E-state index contributed by atoms with van der Waals surface area (Å²) in [4.78, 5) is 5.82. The molecule has 1 nitrogen and oxygen atoms in total. The lowest BCUT2D eigenvalue weighted by Gasteiger charge is -2.37. The van der Waals surface area contributed by atoms with Crippen molar-refractivity contribution in [3.8, 4) is 11.1 Å². The molecule has 0 N–H and O–H groups in total. The third-order valence-corrected chi connectivity index (χ3v) is 6.39. The average Bonchev–Trinajstić information content (AvgIpc) is 2.60. The van der Waals surface area contributed by atoms with Crippen molar-refractivity contribution < 1.29 is 4.39 Å². The second-order valence-electron chi connectivity index (χ2n) is 6.78. The van der Waals surface area contributed by atoms with Gasteiger partial charge in [0.1, 0.15) is 6.67 Å². The lowest BCUT2D eigenvalue weighted by Crippen LogP contribution is -2.28. The molecular formula is C21H20FNS. The normalized spacial score (nSPS) is 16.1. The summed E-state index contributed by atoms with van der Waals surface area (Å²) in [6, 6.07) is 16.2. The highest BCUT2D eigenvalue weighted by Gasteiger charge is 2.33. The molecule has 2 aromatic carbocycles. The maximum Gasteiger partial charge on any atom is 0.115 e. The summed E-state index contributed by atoms with van der Waals surface area (Å²) in [5.41, 5.74) is 4.02. The Hall–Kier alpha value is -1.87. The van der Waals surface area contributed by atoms with Crippen molar-refractivity contribution in [2.24, 2.45) is 0 Å². The topological polar surface area (TPSA) is 12.9 Å². The quantitative estimate of drug-likeness (QED) is 0.546. The largest absolute Gasteiger partial charge is 0.256 e. The van der Waals surface area contributed by atoms with Gasteiger partial charge in [-0.15, -0.1) is 11.8 Å². The molecular weight excluding hydrogens is 317 g/mol. The van der Waals surface area contributed by atoms with E-state index in [0.717, 1.165) is 22.2 Å². The van der Waals surface area contributed by atoms with E-state index < -0.39 is 6.67 Å². The van der Waals surface area contributed by atoms with Crippen molar-refractivity contribution in [1.29, 1.82) is 0 Å². The molecule has 3 heteroatoms. The number of aromatic nitrogens is 1. The molecule has 1 aliphatic carbocycles. The van der Waals surface area contributed by atoms with E-state index in [-0.39, 0.29) is 0 Å². The van der Waals surface area contributed by atoms with Crippen LogP contribution < -0.4 is 0 Å². The number of nitrogens with zero attached hydrogens (tertiary/aromatic N) is 1. The minimum absolute atomic E-state index is 0.368. The molecule has 1 aromatic heterocycles. The predicted molar refractivity (Wildman–Crippen MR) is 100 cm³/mol. The Morgan fingerprint density at radius 2 is 1.79 bits per heavy atom. The van der Waals surface area contributed by atoms with Gasteiger partial charge in [-0.25, -0.2) is 4.39 Å². The van der Waals surface area contributed by atoms with Crippen LogP contribution in [0.4, 0.5) is 4.39 Å². The first kappa shape index (κ1) is 15.6. The number of halogens is 1. The van der Waals surface area contributed by atoms with Crippen LogP contribution in [0.3, 0.4) is 0 Å². The fraction of sp³-hybridized carbons (Fsp3) is 0.286. The Balaban J connectivity index is 1.75. The van der Waals surface area contributed by atoms with Gasteiger partial charge < -0.3 is 0 Å². The second-order valence-corrected chi connectivity index (χ2v) is 8.41. The third-order valence-electron chi connectivity index (χ3n) is 4.91. The first-order valence-corrected chi connectivity index (χ1v) is 9.22. The number of fused-ring (bicyclic) bond motifs is 1. The van der Waals surface area contributed by atoms with Gasteiger partial charge in [0.05, 0.1) is 5.52 Å². The molecule has 0 saturated heterocycles. The maximum atomic E-state index is 12.7. The number of hydrogen-bond acceptors (Lipinski definition) is 2. The van der Waals surface area contributed by atoms with Crippen LogP contribution in [0.5, 0.6) is 0 Å². The zero-order valence-corrected chi connectivity index (χ0v) is 14.6. The van der Waals surface area contributed by atoms with Crippen LogP contribution in [-0.2, 0) is 6.67 Å². The average molecular weight is 337 g/mol. The molecule has 0 bridgehead atoms. The fourth-order valence-electron chi connectivity index (χ4n) is 3.22. The minimum Gasteiger partial charge on any atom is -0.256 e.